The zero-order chi connectivity index (χ0) is 17.6. The van der Waals surface area contributed by atoms with Crippen LogP contribution >= 0.6 is 11.8 Å². The van der Waals surface area contributed by atoms with Gasteiger partial charge in [0.05, 0.1) is 37.3 Å². The average Bonchev–Trinajstić information content (AvgIpc) is 2.96. The second-order valence-electron chi connectivity index (χ2n) is 5.21. The van der Waals surface area contributed by atoms with Crippen LogP contribution in [-0.4, -0.2) is 35.0 Å². The standard InChI is InChI=1S/C18H18N2O4S/c1-23-13-6-8-14(9-7-13)24-10-11-25-18-19-15-4-2-3-5-16(15)20(18)12-17(21)22/h2-9H,10-12H2,1H3,(H,21,22)/p-1. The minimum absolute atomic E-state index is 0.220. The SMILES string of the molecule is COc1ccc(OCCSc2nc3ccccc3n2CC(=O)[O-])cc1. The summed E-state index contributed by atoms with van der Waals surface area (Å²) in [4.78, 5) is 15.5. The Morgan fingerprint density at radius 3 is 2.60 bits per heavy atom. The molecule has 130 valence electrons. The number of benzene rings is 2. The van der Waals surface area contributed by atoms with Crippen molar-refractivity contribution in [2.45, 2.75) is 11.7 Å². The van der Waals surface area contributed by atoms with Crippen molar-refractivity contribution in [3.05, 3.63) is 48.5 Å². The molecule has 0 unspecified atom stereocenters. The molecule has 1 aromatic heterocycles. The summed E-state index contributed by atoms with van der Waals surface area (Å²) in [5, 5.41) is 11.7. The van der Waals surface area contributed by atoms with Crippen LogP contribution in [0.4, 0.5) is 0 Å². The molecule has 0 spiro atoms. The number of carbonyl (C=O) groups excluding carboxylic acids is 1. The number of nitrogens with zero attached hydrogens (tertiary/aromatic N) is 2. The zero-order valence-corrected chi connectivity index (χ0v) is 14.5. The van der Waals surface area contributed by atoms with Gasteiger partial charge in [0.2, 0.25) is 0 Å². The van der Waals surface area contributed by atoms with Crippen molar-refractivity contribution in [3.63, 3.8) is 0 Å². The minimum Gasteiger partial charge on any atom is -0.548 e. The van der Waals surface area contributed by atoms with Gasteiger partial charge >= 0.3 is 0 Å². The van der Waals surface area contributed by atoms with Crippen molar-refractivity contribution in [3.8, 4) is 11.5 Å². The number of carbonyl (C=O) groups is 1. The third-order valence-electron chi connectivity index (χ3n) is 3.55. The van der Waals surface area contributed by atoms with Gasteiger partial charge in [-0.2, -0.15) is 0 Å². The number of hydrogen-bond donors (Lipinski definition) is 0. The van der Waals surface area contributed by atoms with Gasteiger partial charge in [0.1, 0.15) is 11.5 Å². The molecule has 0 saturated heterocycles. The van der Waals surface area contributed by atoms with Crippen LogP contribution in [0.5, 0.6) is 11.5 Å². The molecule has 0 atom stereocenters. The lowest BCUT2D eigenvalue weighted by molar-refractivity contribution is -0.306. The Morgan fingerprint density at radius 2 is 1.88 bits per heavy atom. The second kappa shape index (κ2) is 7.94. The van der Waals surface area contributed by atoms with Gasteiger partial charge in [0, 0.05) is 5.75 Å². The highest BCUT2D eigenvalue weighted by Gasteiger charge is 2.11. The number of ether oxygens (including phenoxy) is 2. The van der Waals surface area contributed by atoms with Crippen LogP contribution in [0, 0.1) is 0 Å². The molecule has 3 aromatic rings. The van der Waals surface area contributed by atoms with E-state index in [9.17, 15) is 9.90 Å². The largest absolute Gasteiger partial charge is 0.548 e. The Morgan fingerprint density at radius 1 is 1.16 bits per heavy atom. The molecule has 7 heteroatoms. The molecule has 0 fully saturated rings. The number of methoxy groups -OCH3 is 1. The number of aliphatic carboxylic acids is 1. The van der Waals surface area contributed by atoms with E-state index in [2.05, 4.69) is 4.98 Å². The molecule has 25 heavy (non-hydrogen) atoms. The summed E-state index contributed by atoms with van der Waals surface area (Å²) in [7, 11) is 1.62. The van der Waals surface area contributed by atoms with Gasteiger partial charge in [-0.15, -0.1) is 0 Å². The maximum absolute atomic E-state index is 11.0. The Hall–Kier alpha value is -2.67. The van der Waals surface area contributed by atoms with E-state index < -0.39 is 5.97 Å². The second-order valence-corrected chi connectivity index (χ2v) is 6.28. The monoisotopic (exact) mass is 357 g/mol. The van der Waals surface area contributed by atoms with Gasteiger partial charge in [-0.25, -0.2) is 4.98 Å². The van der Waals surface area contributed by atoms with Crippen molar-refractivity contribution >= 4 is 28.8 Å². The molecular formula is C18H17N2O4S-. The molecule has 1 heterocycles. The minimum atomic E-state index is -1.14. The lowest BCUT2D eigenvalue weighted by Gasteiger charge is -2.10. The van der Waals surface area contributed by atoms with Gasteiger partial charge in [-0.05, 0) is 36.4 Å². The summed E-state index contributed by atoms with van der Waals surface area (Å²) in [5.41, 5.74) is 1.55. The maximum Gasteiger partial charge on any atom is 0.169 e. The number of rotatable bonds is 8. The van der Waals surface area contributed by atoms with E-state index in [4.69, 9.17) is 9.47 Å². The highest BCUT2D eigenvalue weighted by Crippen LogP contribution is 2.24. The molecule has 2 aromatic carbocycles. The summed E-state index contributed by atoms with van der Waals surface area (Å²) in [5.74, 6) is 1.03. The Kier molecular flexibility index (Phi) is 5.45. The molecular weight excluding hydrogens is 340 g/mol. The van der Waals surface area contributed by atoms with E-state index in [1.165, 1.54) is 11.8 Å². The van der Waals surface area contributed by atoms with E-state index in [0.717, 1.165) is 22.5 Å². The number of para-hydroxylation sites is 2. The molecule has 6 nitrogen and oxygen atoms in total. The molecule has 0 bridgehead atoms. The van der Waals surface area contributed by atoms with E-state index >= 15 is 0 Å². The molecule has 0 radical (unpaired) electrons. The van der Waals surface area contributed by atoms with Crippen LogP contribution in [0.15, 0.2) is 53.7 Å². The Balaban J connectivity index is 1.63. The number of thioether (sulfide) groups is 1. The fourth-order valence-corrected chi connectivity index (χ4v) is 3.24. The van der Waals surface area contributed by atoms with E-state index in [-0.39, 0.29) is 6.54 Å². The first-order valence-corrected chi connectivity index (χ1v) is 8.70. The van der Waals surface area contributed by atoms with Crippen molar-refractivity contribution in [2.75, 3.05) is 19.5 Å². The van der Waals surface area contributed by atoms with Gasteiger partial charge in [0.15, 0.2) is 5.16 Å². The molecule has 0 saturated carbocycles. The Labute approximate surface area is 149 Å². The first kappa shape index (κ1) is 17.2. The van der Waals surface area contributed by atoms with Gasteiger partial charge < -0.3 is 23.9 Å². The molecule has 0 aliphatic rings. The fourth-order valence-electron chi connectivity index (χ4n) is 2.41. The van der Waals surface area contributed by atoms with E-state index in [1.807, 2.05) is 48.5 Å². The van der Waals surface area contributed by atoms with Gasteiger partial charge in [-0.1, -0.05) is 23.9 Å². The molecule has 0 N–H and O–H groups in total. The van der Waals surface area contributed by atoms with Crippen LogP contribution in [-0.2, 0) is 11.3 Å². The van der Waals surface area contributed by atoms with E-state index in [1.54, 1.807) is 11.7 Å². The fraction of sp³-hybridized carbons (Fsp3) is 0.222. The first-order valence-electron chi connectivity index (χ1n) is 7.72. The lowest BCUT2D eigenvalue weighted by Crippen LogP contribution is -2.27. The van der Waals surface area contributed by atoms with Crippen LogP contribution < -0.4 is 14.6 Å². The number of carboxylic acids is 1. The highest BCUT2D eigenvalue weighted by molar-refractivity contribution is 7.99. The Bertz CT molecular complexity index is 861. The topological polar surface area (TPSA) is 76.4 Å². The molecule has 0 aliphatic carbocycles. The van der Waals surface area contributed by atoms with Crippen LogP contribution in [0.2, 0.25) is 0 Å². The number of hydrogen-bond acceptors (Lipinski definition) is 6. The van der Waals surface area contributed by atoms with E-state index in [0.29, 0.717) is 17.5 Å². The number of aromatic nitrogens is 2. The normalized spacial score (nSPS) is 10.8. The van der Waals surface area contributed by atoms with Crippen LogP contribution in [0.3, 0.4) is 0 Å². The molecule has 3 rings (SSSR count). The smallest absolute Gasteiger partial charge is 0.169 e. The lowest BCUT2D eigenvalue weighted by atomic mass is 10.3. The predicted octanol–water partition coefficient (Wildman–Crippen LogP) is 1.97. The predicted molar refractivity (Wildman–Crippen MR) is 94.0 cm³/mol. The third kappa shape index (κ3) is 4.24. The summed E-state index contributed by atoms with van der Waals surface area (Å²) >= 11 is 1.45. The number of fused-ring (bicyclic) bond motifs is 1. The summed E-state index contributed by atoms with van der Waals surface area (Å²) in [6.45, 7) is 0.258. The van der Waals surface area contributed by atoms with Crippen molar-refractivity contribution in [1.82, 2.24) is 9.55 Å². The van der Waals surface area contributed by atoms with Crippen LogP contribution in [0.25, 0.3) is 11.0 Å². The van der Waals surface area contributed by atoms with Gasteiger partial charge in [-0.3, -0.25) is 0 Å². The van der Waals surface area contributed by atoms with Crippen LogP contribution in [0.1, 0.15) is 0 Å². The summed E-state index contributed by atoms with van der Waals surface area (Å²) in [6, 6.07) is 14.8. The zero-order valence-electron chi connectivity index (χ0n) is 13.7. The first-order chi connectivity index (χ1) is 12.2. The summed E-state index contributed by atoms with van der Waals surface area (Å²) in [6.07, 6.45) is 0. The van der Waals surface area contributed by atoms with Crippen molar-refractivity contribution in [1.29, 1.82) is 0 Å². The maximum atomic E-state index is 11.0. The average molecular weight is 357 g/mol. The summed E-state index contributed by atoms with van der Waals surface area (Å²) < 4.78 is 12.4. The van der Waals surface area contributed by atoms with Crippen molar-refractivity contribution in [2.24, 2.45) is 0 Å². The quantitative estimate of drug-likeness (QED) is 0.453. The van der Waals surface area contributed by atoms with Crippen molar-refractivity contribution < 1.29 is 19.4 Å². The van der Waals surface area contributed by atoms with Gasteiger partial charge in [0.25, 0.3) is 0 Å². The number of imidazole rings is 1. The molecule has 0 amide bonds. The number of carboxylic acid groups (broad SMARTS) is 1. The highest BCUT2D eigenvalue weighted by atomic mass is 32.2. The third-order valence-corrected chi connectivity index (χ3v) is 4.49. The molecule has 0 aliphatic heterocycles.